The highest BCUT2D eigenvalue weighted by Gasteiger charge is 2.13. The van der Waals surface area contributed by atoms with E-state index in [1.165, 1.54) is 17.9 Å². The van der Waals surface area contributed by atoms with Crippen molar-refractivity contribution in [1.29, 1.82) is 0 Å². The Balaban J connectivity index is 2.90. The van der Waals surface area contributed by atoms with Crippen molar-refractivity contribution in [3.8, 4) is 0 Å². The fourth-order valence-electron chi connectivity index (χ4n) is 1.70. The van der Waals surface area contributed by atoms with Crippen molar-refractivity contribution >= 4 is 11.2 Å². The van der Waals surface area contributed by atoms with Gasteiger partial charge >= 0.3 is 5.69 Å². The Morgan fingerprint density at radius 2 is 2.12 bits per heavy atom. The first kappa shape index (κ1) is 11.2. The molecule has 0 saturated carbocycles. The van der Waals surface area contributed by atoms with Gasteiger partial charge < -0.3 is 4.57 Å². The summed E-state index contributed by atoms with van der Waals surface area (Å²) in [5.74, 6) is 0. The third kappa shape index (κ3) is 1.55. The van der Waals surface area contributed by atoms with Crippen LogP contribution in [-0.4, -0.2) is 18.7 Å². The molecule has 0 fully saturated rings. The van der Waals surface area contributed by atoms with E-state index in [4.69, 9.17) is 0 Å². The van der Waals surface area contributed by atoms with Crippen LogP contribution < -0.4 is 11.2 Å². The number of allylic oxidation sites excluding steroid dienone is 1. The summed E-state index contributed by atoms with van der Waals surface area (Å²) in [6, 6.07) is 0. The number of aryl methyl sites for hydroxylation is 1. The van der Waals surface area contributed by atoms with E-state index in [9.17, 15) is 9.59 Å². The van der Waals surface area contributed by atoms with Gasteiger partial charge in [0.05, 0.1) is 6.33 Å². The number of imidazole rings is 1. The first-order chi connectivity index (χ1) is 8.07. The van der Waals surface area contributed by atoms with Crippen LogP contribution in [0.25, 0.3) is 11.2 Å². The standard InChI is InChI=1S/C11H12N4O2/c1-4-5-6-15-7-12-9-8(15)10(16)14(3)11(17)13(9)2/h5,7H,1,6H2,2-3H3. The Bertz CT molecular complexity index is 741. The van der Waals surface area contributed by atoms with Gasteiger partial charge in [-0.1, -0.05) is 6.58 Å². The van der Waals surface area contributed by atoms with Crippen molar-refractivity contribution in [2.45, 2.75) is 6.54 Å². The van der Waals surface area contributed by atoms with Crippen LogP contribution in [0.3, 0.4) is 0 Å². The molecule has 0 amide bonds. The molecule has 0 unspecified atom stereocenters. The van der Waals surface area contributed by atoms with Crippen LogP contribution in [-0.2, 0) is 20.6 Å². The number of rotatable bonds is 2. The molecule has 0 aliphatic heterocycles. The molecule has 0 radical (unpaired) electrons. The molecule has 2 rings (SSSR count). The zero-order chi connectivity index (χ0) is 12.6. The highest BCUT2D eigenvalue weighted by Crippen LogP contribution is 2.04. The molecule has 0 spiro atoms. The highest BCUT2D eigenvalue weighted by molar-refractivity contribution is 5.69. The predicted molar refractivity (Wildman–Crippen MR) is 63.9 cm³/mol. The Labute approximate surface area is 96.7 Å². The molecular weight excluding hydrogens is 220 g/mol. The molecule has 0 N–H and O–H groups in total. The Morgan fingerprint density at radius 1 is 1.41 bits per heavy atom. The van der Waals surface area contributed by atoms with Crippen LogP contribution in [0.15, 0.2) is 34.3 Å². The maximum Gasteiger partial charge on any atom is 0.332 e. The van der Waals surface area contributed by atoms with Crippen molar-refractivity contribution in [1.82, 2.24) is 18.7 Å². The summed E-state index contributed by atoms with van der Waals surface area (Å²) in [6.45, 7) is 3.91. The van der Waals surface area contributed by atoms with Crippen molar-refractivity contribution < 1.29 is 0 Å². The molecule has 0 aliphatic rings. The summed E-state index contributed by atoms with van der Waals surface area (Å²) < 4.78 is 4.08. The van der Waals surface area contributed by atoms with Crippen LogP contribution in [0.2, 0.25) is 0 Å². The van der Waals surface area contributed by atoms with Gasteiger partial charge in [-0.2, -0.15) is 0 Å². The maximum atomic E-state index is 12.0. The minimum atomic E-state index is -0.382. The molecule has 2 heterocycles. The molecule has 2 aromatic heterocycles. The smallest absolute Gasteiger partial charge is 0.320 e. The Morgan fingerprint density at radius 3 is 2.76 bits per heavy atom. The zero-order valence-corrected chi connectivity index (χ0v) is 9.67. The molecule has 17 heavy (non-hydrogen) atoms. The molecule has 2 aromatic rings. The topological polar surface area (TPSA) is 61.8 Å². The molecule has 6 heteroatoms. The van der Waals surface area contributed by atoms with E-state index >= 15 is 0 Å². The van der Waals surface area contributed by atoms with Gasteiger partial charge in [0, 0.05) is 20.6 Å². The third-order valence-electron chi connectivity index (χ3n) is 2.65. The van der Waals surface area contributed by atoms with E-state index in [0.29, 0.717) is 17.7 Å². The van der Waals surface area contributed by atoms with Crippen LogP contribution >= 0.6 is 0 Å². The van der Waals surface area contributed by atoms with Crippen molar-refractivity contribution in [2.75, 3.05) is 0 Å². The predicted octanol–water partition coefficient (Wildman–Crippen LogP) is -0.225. The average molecular weight is 232 g/mol. The van der Waals surface area contributed by atoms with Crippen molar-refractivity contribution in [3.63, 3.8) is 0 Å². The Hall–Kier alpha value is -2.33. The lowest BCUT2D eigenvalue weighted by molar-refractivity contribution is 0.703. The zero-order valence-electron chi connectivity index (χ0n) is 9.67. The summed E-state index contributed by atoms with van der Waals surface area (Å²) in [7, 11) is 3.04. The van der Waals surface area contributed by atoms with E-state index in [-0.39, 0.29) is 11.2 Å². The summed E-state index contributed by atoms with van der Waals surface area (Å²) >= 11 is 0. The van der Waals surface area contributed by atoms with Crippen LogP contribution in [0.1, 0.15) is 0 Å². The molecule has 0 aliphatic carbocycles. The van der Waals surface area contributed by atoms with Gasteiger partial charge in [0.1, 0.15) is 0 Å². The van der Waals surface area contributed by atoms with Gasteiger partial charge in [0.2, 0.25) is 0 Å². The summed E-state index contributed by atoms with van der Waals surface area (Å²) in [4.78, 5) is 27.7. The SMILES string of the molecule is C=C=CCn1cnc2c1c(=O)n(C)c(=O)n2C. The minimum Gasteiger partial charge on any atom is -0.320 e. The van der Waals surface area contributed by atoms with E-state index in [1.807, 2.05) is 0 Å². The summed E-state index contributed by atoms with van der Waals surface area (Å²) in [6.07, 6.45) is 3.21. The number of aromatic nitrogens is 4. The van der Waals surface area contributed by atoms with Crippen molar-refractivity contribution in [2.24, 2.45) is 14.1 Å². The van der Waals surface area contributed by atoms with Gasteiger partial charge in [0.15, 0.2) is 11.2 Å². The van der Waals surface area contributed by atoms with E-state index in [1.54, 1.807) is 17.7 Å². The number of hydrogen-bond acceptors (Lipinski definition) is 3. The van der Waals surface area contributed by atoms with Gasteiger partial charge in [0.25, 0.3) is 5.56 Å². The second kappa shape index (κ2) is 3.92. The quantitative estimate of drug-likeness (QED) is 0.672. The lowest BCUT2D eigenvalue weighted by atomic mass is 10.4. The molecule has 0 aromatic carbocycles. The largest absolute Gasteiger partial charge is 0.332 e. The summed E-state index contributed by atoms with van der Waals surface area (Å²) in [5, 5.41) is 0. The van der Waals surface area contributed by atoms with Gasteiger partial charge in [-0.25, -0.2) is 9.78 Å². The highest BCUT2D eigenvalue weighted by atomic mass is 16.2. The van der Waals surface area contributed by atoms with E-state index < -0.39 is 0 Å². The molecule has 0 atom stereocenters. The minimum absolute atomic E-state index is 0.349. The van der Waals surface area contributed by atoms with Gasteiger partial charge in [-0.3, -0.25) is 13.9 Å². The first-order valence-electron chi connectivity index (χ1n) is 5.03. The molecule has 0 bridgehead atoms. The molecular formula is C11H12N4O2. The molecule has 6 nitrogen and oxygen atoms in total. The second-order valence-electron chi connectivity index (χ2n) is 3.68. The van der Waals surface area contributed by atoms with Crippen LogP contribution in [0.5, 0.6) is 0 Å². The number of fused-ring (bicyclic) bond motifs is 1. The lowest BCUT2D eigenvalue weighted by Crippen LogP contribution is -2.37. The van der Waals surface area contributed by atoms with E-state index in [2.05, 4.69) is 17.3 Å². The first-order valence-corrected chi connectivity index (χ1v) is 5.03. The monoisotopic (exact) mass is 232 g/mol. The second-order valence-corrected chi connectivity index (χ2v) is 3.68. The molecule has 0 saturated heterocycles. The van der Waals surface area contributed by atoms with Gasteiger partial charge in [-0.05, 0) is 6.08 Å². The fourth-order valence-corrected chi connectivity index (χ4v) is 1.70. The number of hydrogen-bond donors (Lipinski definition) is 0. The normalized spacial score (nSPS) is 10.5. The third-order valence-corrected chi connectivity index (χ3v) is 2.65. The summed E-state index contributed by atoms with van der Waals surface area (Å²) in [5.41, 5.74) is 2.69. The average Bonchev–Trinajstić information content (AvgIpc) is 2.75. The van der Waals surface area contributed by atoms with E-state index in [0.717, 1.165) is 4.57 Å². The molecule has 88 valence electrons. The van der Waals surface area contributed by atoms with Gasteiger partial charge in [-0.15, -0.1) is 5.73 Å². The van der Waals surface area contributed by atoms with Crippen molar-refractivity contribution in [3.05, 3.63) is 45.6 Å². The Kier molecular flexibility index (Phi) is 2.57. The van der Waals surface area contributed by atoms with Crippen LogP contribution in [0.4, 0.5) is 0 Å². The lowest BCUT2D eigenvalue weighted by Gasteiger charge is -2.04. The fraction of sp³-hybridized carbons (Fsp3) is 0.273. The van der Waals surface area contributed by atoms with Crippen LogP contribution in [0, 0.1) is 0 Å². The number of nitrogens with zero attached hydrogens (tertiary/aromatic N) is 4. The maximum absolute atomic E-state index is 12.0.